The molecule has 1 atom stereocenters. The van der Waals surface area contributed by atoms with E-state index >= 15 is 0 Å². The second kappa shape index (κ2) is 4.99. The zero-order valence-electron chi connectivity index (χ0n) is 10.6. The van der Waals surface area contributed by atoms with Crippen molar-refractivity contribution in [3.63, 3.8) is 0 Å². The van der Waals surface area contributed by atoms with E-state index in [9.17, 15) is 13.2 Å². The van der Waals surface area contributed by atoms with Crippen molar-refractivity contribution in [2.24, 2.45) is 16.3 Å². The lowest BCUT2D eigenvalue weighted by molar-refractivity contribution is -0.131. The molecule has 0 aromatic heterocycles. The molecule has 0 aromatic carbocycles. The first-order chi connectivity index (χ1) is 8.92. The van der Waals surface area contributed by atoms with Gasteiger partial charge < -0.3 is 16.3 Å². The normalized spacial score (nSPS) is 28.6. The smallest absolute Gasteiger partial charge is 0.233 e. The number of sulfone groups is 1. The van der Waals surface area contributed by atoms with Gasteiger partial charge in [0, 0.05) is 6.54 Å². The highest BCUT2D eigenvalue weighted by Gasteiger charge is 2.48. The van der Waals surface area contributed by atoms with Gasteiger partial charge in [0.2, 0.25) is 5.91 Å². The quantitative estimate of drug-likeness (QED) is 0.281. The Balaban J connectivity index is 1.98. The summed E-state index contributed by atoms with van der Waals surface area (Å²) < 4.78 is 23.3. The van der Waals surface area contributed by atoms with Crippen LogP contribution in [0.25, 0.3) is 0 Å². The molecule has 0 spiro atoms. The van der Waals surface area contributed by atoms with Crippen molar-refractivity contribution >= 4 is 21.6 Å². The van der Waals surface area contributed by atoms with Crippen LogP contribution in [-0.2, 0) is 14.6 Å². The van der Waals surface area contributed by atoms with Gasteiger partial charge in [-0.15, -0.1) is 0 Å². The molecule has 8 heteroatoms. The zero-order chi connectivity index (χ0) is 14.1. The number of nitrogens with zero attached hydrogens (tertiary/aromatic N) is 1. The number of nitrogens with two attached hydrogens (primary N) is 1. The maximum absolute atomic E-state index is 12.1. The topological polar surface area (TPSA) is 122 Å². The van der Waals surface area contributed by atoms with E-state index in [0.717, 1.165) is 6.42 Å². The van der Waals surface area contributed by atoms with E-state index in [-0.39, 0.29) is 24.0 Å². The van der Waals surface area contributed by atoms with Gasteiger partial charge in [-0.05, 0) is 25.7 Å². The number of hydrogen-bond acceptors (Lipinski definition) is 5. The van der Waals surface area contributed by atoms with Gasteiger partial charge in [-0.2, -0.15) is 0 Å². The molecule has 2 rings (SSSR count). The maximum atomic E-state index is 12.1. The van der Waals surface area contributed by atoms with Gasteiger partial charge in [0.1, 0.15) is 5.41 Å². The largest absolute Gasteiger partial charge is 0.409 e. The predicted molar refractivity (Wildman–Crippen MR) is 69.5 cm³/mol. The number of nitrogens with one attached hydrogen (secondary N) is 1. The molecule has 1 aliphatic carbocycles. The molecule has 1 unspecified atom stereocenters. The molecule has 1 heterocycles. The zero-order valence-corrected chi connectivity index (χ0v) is 11.4. The minimum Gasteiger partial charge on any atom is -0.409 e. The lowest BCUT2D eigenvalue weighted by atomic mass is 9.67. The second-order valence-electron chi connectivity index (χ2n) is 5.26. The fourth-order valence-corrected chi connectivity index (χ4v) is 4.45. The van der Waals surface area contributed by atoms with Crippen LogP contribution in [0.2, 0.25) is 0 Å². The summed E-state index contributed by atoms with van der Waals surface area (Å²) in [6.07, 6.45) is 3.14. The van der Waals surface area contributed by atoms with Crippen LogP contribution >= 0.6 is 0 Å². The molecule has 7 nitrogen and oxygen atoms in total. The van der Waals surface area contributed by atoms with Crippen molar-refractivity contribution in [2.45, 2.75) is 37.4 Å². The molecule has 0 bridgehead atoms. The van der Waals surface area contributed by atoms with Crippen LogP contribution in [0.1, 0.15) is 32.1 Å². The maximum Gasteiger partial charge on any atom is 0.233 e. The Morgan fingerprint density at radius 1 is 1.42 bits per heavy atom. The number of amides is 1. The molecule has 1 saturated carbocycles. The number of carbonyl (C=O) groups excluding carboxylic acids is 1. The Morgan fingerprint density at radius 3 is 2.53 bits per heavy atom. The number of rotatable bonds is 4. The number of hydrogen-bond donors (Lipinski definition) is 3. The lowest BCUT2D eigenvalue weighted by Crippen LogP contribution is -2.55. The molecule has 0 aromatic rings. The van der Waals surface area contributed by atoms with Crippen LogP contribution in [-0.4, -0.2) is 42.9 Å². The molecule has 108 valence electrons. The molecule has 1 saturated heterocycles. The summed E-state index contributed by atoms with van der Waals surface area (Å²) >= 11 is 0. The lowest BCUT2D eigenvalue weighted by Gasteiger charge is -2.38. The monoisotopic (exact) mass is 289 g/mol. The summed E-state index contributed by atoms with van der Waals surface area (Å²) in [6.45, 7) is 0.113. The Morgan fingerprint density at radius 2 is 2.11 bits per heavy atom. The standard InChI is InChI=1S/C11H19N3O4S/c12-9(14-16)11(4-2-5-11)10(15)13-7-8-3-1-6-19(8,17)18/h8,16H,1-7H2,(H2,12,14)(H,13,15). The SMILES string of the molecule is NC(=NO)C1(C(=O)NCC2CCCS2(=O)=O)CCC1. The molecule has 0 radical (unpaired) electrons. The average Bonchev–Trinajstić information content (AvgIpc) is 2.64. The van der Waals surface area contributed by atoms with E-state index in [1.54, 1.807) is 0 Å². The molecule has 19 heavy (non-hydrogen) atoms. The fraction of sp³-hybridized carbons (Fsp3) is 0.818. The first-order valence-corrected chi connectivity index (χ1v) is 8.12. The second-order valence-corrected chi connectivity index (χ2v) is 7.66. The Bertz CT molecular complexity index is 496. The number of amidine groups is 1. The third-order valence-corrected chi connectivity index (χ3v) is 6.47. The number of carbonyl (C=O) groups is 1. The van der Waals surface area contributed by atoms with Gasteiger partial charge >= 0.3 is 0 Å². The summed E-state index contributed by atoms with van der Waals surface area (Å²) in [6, 6.07) is 0. The summed E-state index contributed by atoms with van der Waals surface area (Å²) in [5.41, 5.74) is 4.62. The molecule has 1 aliphatic heterocycles. The van der Waals surface area contributed by atoms with Crippen molar-refractivity contribution in [2.75, 3.05) is 12.3 Å². The van der Waals surface area contributed by atoms with Gasteiger partial charge in [-0.3, -0.25) is 4.79 Å². The highest BCUT2D eigenvalue weighted by Crippen LogP contribution is 2.41. The fourth-order valence-electron chi connectivity index (χ4n) is 2.69. The van der Waals surface area contributed by atoms with Crippen molar-refractivity contribution in [1.82, 2.24) is 5.32 Å². The van der Waals surface area contributed by atoms with Gasteiger partial charge in [0.25, 0.3) is 0 Å². The summed E-state index contributed by atoms with van der Waals surface area (Å²) in [4.78, 5) is 12.1. The average molecular weight is 289 g/mol. The Labute approximate surface area is 112 Å². The van der Waals surface area contributed by atoms with Crippen molar-refractivity contribution in [1.29, 1.82) is 0 Å². The number of oxime groups is 1. The summed E-state index contributed by atoms with van der Waals surface area (Å²) in [5.74, 6) is -0.236. The Kier molecular flexibility index (Phi) is 3.71. The van der Waals surface area contributed by atoms with E-state index in [1.165, 1.54) is 0 Å². The van der Waals surface area contributed by atoms with Crippen molar-refractivity contribution < 1.29 is 18.4 Å². The Hall–Kier alpha value is -1.31. The van der Waals surface area contributed by atoms with Gasteiger partial charge in [0.05, 0.1) is 11.0 Å². The summed E-state index contributed by atoms with van der Waals surface area (Å²) in [5, 5.41) is 13.8. The third kappa shape index (κ3) is 2.41. The minimum atomic E-state index is -3.07. The van der Waals surface area contributed by atoms with Crippen LogP contribution in [0, 0.1) is 5.41 Å². The van der Waals surface area contributed by atoms with E-state index in [1.807, 2.05) is 0 Å². The van der Waals surface area contributed by atoms with Crippen LogP contribution < -0.4 is 11.1 Å². The van der Waals surface area contributed by atoms with Crippen LogP contribution in [0.3, 0.4) is 0 Å². The van der Waals surface area contributed by atoms with Crippen molar-refractivity contribution in [3.05, 3.63) is 0 Å². The van der Waals surface area contributed by atoms with Gasteiger partial charge in [0.15, 0.2) is 15.7 Å². The molecular formula is C11H19N3O4S. The van der Waals surface area contributed by atoms with Crippen LogP contribution in [0.4, 0.5) is 0 Å². The van der Waals surface area contributed by atoms with Crippen LogP contribution in [0.5, 0.6) is 0 Å². The predicted octanol–water partition coefficient (Wildman–Crippen LogP) is -0.404. The van der Waals surface area contributed by atoms with Crippen molar-refractivity contribution in [3.8, 4) is 0 Å². The van der Waals surface area contributed by atoms with Gasteiger partial charge in [-0.25, -0.2) is 8.42 Å². The van der Waals surface area contributed by atoms with E-state index in [2.05, 4.69) is 10.5 Å². The minimum absolute atomic E-state index is 0.0921. The molecule has 2 aliphatic rings. The molecule has 1 amide bonds. The first kappa shape index (κ1) is 14.1. The van der Waals surface area contributed by atoms with E-state index in [4.69, 9.17) is 10.9 Å². The van der Waals surface area contributed by atoms with Gasteiger partial charge in [-0.1, -0.05) is 11.6 Å². The highest BCUT2D eigenvalue weighted by atomic mass is 32.2. The molecule has 4 N–H and O–H groups in total. The highest BCUT2D eigenvalue weighted by molar-refractivity contribution is 7.92. The third-order valence-electron chi connectivity index (χ3n) is 4.19. The molecule has 2 fully saturated rings. The first-order valence-electron chi connectivity index (χ1n) is 6.40. The summed E-state index contributed by atoms with van der Waals surface area (Å²) in [7, 11) is -3.07. The van der Waals surface area contributed by atoms with E-state index in [0.29, 0.717) is 25.7 Å². The molecular weight excluding hydrogens is 270 g/mol. The van der Waals surface area contributed by atoms with Crippen LogP contribution in [0.15, 0.2) is 5.16 Å². The van der Waals surface area contributed by atoms with E-state index < -0.39 is 20.5 Å².